The number of nitrogens with one attached hydrogen (secondary N) is 1. The van der Waals surface area contributed by atoms with Crippen LogP contribution in [0.3, 0.4) is 0 Å². The van der Waals surface area contributed by atoms with Crippen molar-refractivity contribution in [3.63, 3.8) is 0 Å². The zero-order chi connectivity index (χ0) is 17.8. The highest BCUT2D eigenvalue weighted by molar-refractivity contribution is 5.80. The van der Waals surface area contributed by atoms with E-state index >= 15 is 0 Å². The molecule has 0 aliphatic heterocycles. The lowest BCUT2D eigenvalue weighted by Gasteiger charge is -2.11. The fourth-order valence-electron chi connectivity index (χ4n) is 2.51. The maximum Gasteiger partial charge on any atom is 0.513 e. The van der Waals surface area contributed by atoms with E-state index in [1.54, 1.807) is 19.1 Å². The molecule has 6 heteroatoms. The molecule has 1 N–H and O–H groups in total. The molecule has 130 valence electrons. The first-order valence-corrected chi connectivity index (χ1v) is 8.19. The van der Waals surface area contributed by atoms with Gasteiger partial charge in [-0.25, -0.2) is 9.78 Å². The molecular formula is C19H20N2O4. The molecule has 0 saturated heterocycles. The molecule has 0 atom stereocenters. The Kier molecular flexibility index (Phi) is 4.88. The van der Waals surface area contributed by atoms with E-state index in [0.717, 1.165) is 28.0 Å². The fraction of sp³-hybridized carbons (Fsp3) is 0.263. The van der Waals surface area contributed by atoms with Crippen LogP contribution in [0.25, 0.3) is 22.4 Å². The number of H-pyrrole nitrogens is 1. The summed E-state index contributed by atoms with van der Waals surface area (Å²) in [5, 5.41) is 0. The molecule has 0 aliphatic rings. The number of rotatable bonds is 5. The summed E-state index contributed by atoms with van der Waals surface area (Å²) in [6.45, 7) is 6.32. The fourth-order valence-corrected chi connectivity index (χ4v) is 2.51. The van der Waals surface area contributed by atoms with Crippen LogP contribution in [-0.2, 0) is 4.74 Å². The topological polar surface area (TPSA) is 73.4 Å². The standard InChI is InChI=1S/C19H20N2O4/c1-4-23-17-11-13(7-9-16(17)25-19(22)24-5-2)18-20-14-8-6-12(3)10-15(14)21-18/h6-11H,4-5H2,1-3H3,(H,20,21). The van der Waals surface area contributed by atoms with E-state index in [-0.39, 0.29) is 6.61 Å². The average molecular weight is 340 g/mol. The summed E-state index contributed by atoms with van der Waals surface area (Å²) in [7, 11) is 0. The predicted octanol–water partition coefficient (Wildman–Crippen LogP) is 4.47. The minimum Gasteiger partial charge on any atom is -0.490 e. The van der Waals surface area contributed by atoms with E-state index in [2.05, 4.69) is 9.97 Å². The van der Waals surface area contributed by atoms with Crippen LogP contribution in [0.15, 0.2) is 36.4 Å². The molecule has 0 saturated carbocycles. The van der Waals surface area contributed by atoms with Gasteiger partial charge in [0.1, 0.15) is 5.82 Å². The predicted molar refractivity (Wildman–Crippen MR) is 95.1 cm³/mol. The molecule has 1 heterocycles. The summed E-state index contributed by atoms with van der Waals surface area (Å²) in [5.41, 5.74) is 3.87. The molecule has 0 fully saturated rings. The van der Waals surface area contributed by atoms with E-state index in [4.69, 9.17) is 14.2 Å². The van der Waals surface area contributed by atoms with Crippen molar-refractivity contribution in [2.45, 2.75) is 20.8 Å². The Bertz CT molecular complexity index is 902. The lowest BCUT2D eigenvalue weighted by Crippen LogP contribution is -2.11. The van der Waals surface area contributed by atoms with Crippen molar-refractivity contribution in [1.82, 2.24) is 9.97 Å². The zero-order valence-electron chi connectivity index (χ0n) is 14.5. The van der Waals surface area contributed by atoms with Gasteiger partial charge in [0.05, 0.1) is 24.2 Å². The number of aryl methyl sites for hydroxylation is 1. The van der Waals surface area contributed by atoms with Gasteiger partial charge in [0, 0.05) is 5.56 Å². The van der Waals surface area contributed by atoms with Crippen molar-refractivity contribution in [1.29, 1.82) is 0 Å². The quantitative estimate of drug-likeness (QED) is 0.548. The van der Waals surface area contributed by atoms with Gasteiger partial charge in [-0.05, 0) is 56.7 Å². The monoisotopic (exact) mass is 340 g/mol. The van der Waals surface area contributed by atoms with E-state index in [9.17, 15) is 4.79 Å². The van der Waals surface area contributed by atoms with Crippen LogP contribution in [-0.4, -0.2) is 29.3 Å². The third-order valence-corrected chi connectivity index (χ3v) is 3.61. The van der Waals surface area contributed by atoms with E-state index in [1.165, 1.54) is 0 Å². The number of aromatic nitrogens is 2. The molecule has 25 heavy (non-hydrogen) atoms. The van der Waals surface area contributed by atoms with Crippen molar-refractivity contribution in [2.75, 3.05) is 13.2 Å². The van der Waals surface area contributed by atoms with Gasteiger partial charge in [0.25, 0.3) is 0 Å². The van der Waals surface area contributed by atoms with Gasteiger partial charge in [-0.3, -0.25) is 0 Å². The van der Waals surface area contributed by atoms with Crippen LogP contribution < -0.4 is 9.47 Å². The second-order valence-electron chi connectivity index (χ2n) is 5.49. The maximum absolute atomic E-state index is 11.6. The number of fused-ring (bicyclic) bond motifs is 1. The Morgan fingerprint density at radius 2 is 1.92 bits per heavy atom. The second kappa shape index (κ2) is 7.25. The third-order valence-electron chi connectivity index (χ3n) is 3.61. The van der Waals surface area contributed by atoms with Gasteiger partial charge < -0.3 is 19.2 Å². The van der Waals surface area contributed by atoms with Crippen molar-refractivity contribution in [2.24, 2.45) is 0 Å². The van der Waals surface area contributed by atoms with Crippen LogP contribution >= 0.6 is 0 Å². The molecule has 2 aromatic carbocycles. The van der Waals surface area contributed by atoms with Crippen molar-refractivity contribution in [3.05, 3.63) is 42.0 Å². The van der Waals surface area contributed by atoms with Gasteiger partial charge in [-0.15, -0.1) is 0 Å². The SMILES string of the molecule is CCOC(=O)Oc1ccc(-c2nc3ccc(C)cc3[nH]2)cc1OCC. The minimum absolute atomic E-state index is 0.249. The number of ether oxygens (including phenoxy) is 3. The Balaban J connectivity index is 1.95. The van der Waals surface area contributed by atoms with Crippen molar-refractivity contribution in [3.8, 4) is 22.9 Å². The van der Waals surface area contributed by atoms with Gasteiger partial charge in [0.15, 0.2) is 11.5 Å². The highest BCUT2D eigenvalue weighted by atomic mass is 16.7. The van der Waals surface area contributed by atoms with Gasteiger partial charge >= 0.3 is 6.16 Å². The van der Waals surface area contributed by atoms with Gasteiger partial charge in [0.2, 0.25) is 0 Å². The molecular weight excluding hydrogens is 320 g/mol. The Hall–Kier alpha value is -3.02. The largest absolute Gasteiger partial charge is 0.513 e. The summed E-state index contributed by atoms with van der Waals surface area (Å²) in [4.78, 5) is 19.5. The summed E-state index contributed by atoms with van der Waals surface area (Å²) < 4.78 is 15.6. The van der Waals surface area contributed by atoms with Crippen LogP contribution in [0.2, 0.25) is 0 Å². The van der Waals surface area contributed by atoms with Crippen LogP contribution in [0.4, 0.5) is 4.79 Å². The number of benzene rings is 2. The first-order chi connectivity index (χ1) is 12.1. The first-order valence-electron chi connectivity index (χ1n) is 8.19. The van der Waals surface area contributed by atoms with Gasteiger partial charge in [-0.1, -0.05) is 6.07 Å². The Morgan fingerprint density at radius 1 is 1.08 bits per heavy atom. The Morgan fingerprint density at radius 3 is 2.68 bits per heavy atom. The summed E-state index contributed by atoms with van der Waals surface area (Å²) >= 11 is 0. The molecule has 0 spiro atoms. The zero-order valence-corrected chi connectivity index (χ0v) is 14.5. The smallest absolute Gasteiger partial charge is 0.490 e. The number of hydrogen-bond acceptors (Lipinski definition) is 5. The molecule has 3 rings (SSSR count). The van der Waals surface area contributed by atoms with Gasteiger partial charge in [-0.2, -0.15) is 0 Å². The lowest BCUT2D eigenvalue weighted by atomic mass is 10.2. The summed E-state index contributed by atoms with van der Waals surface area (Å²) in [6, 6.07) is 11.3. The molecule has 1 aromatic heterocycles. The average Bonchev–Trinajstić information content (AvgIpc) is 3.00. The first kappa shape index (κ1) is 16.8. The highest BCUT2D eigenvalue weighted by Gasteiger charge is 2.14. The molecule has 0 amide bonds. The molecule has 3 aromatic rings. The summed E-state index contributed by atoms with van der Waals surface area (Å²) in [6.07, 6.45) is -0.754. The van der Waals surface area contributed by atoms with E-state index in [1.807, 2.05) is 38.1 Å². The molecule has 0 aliphatic carbocycles. The normalized spacial score (nSPS) is 10.7. The van der Waals surface area contributed by atoms with Crippen molar-refractivity contribution < 1.29 is 19.0 Å². The molecule has 6 nitrogen and oxygen atoms in total. The summed E-state index contributed by atoms with van der Waals surface area (Å²) in [5.74, 6) is 1.50. The Labute approximate surface area is 145 Å². The lowest BCUT2D eigenvalue weighted by molar-refractivity contribution is 0.103. The number of carbonyl (C=O) groups is 1. The maximum atomic E-state index is 11.6. The van der Waals surface area contributed by atoms with Crippen LogP contribution in [0.5, 0.6) is 11.5 Å². The third kappa shape index (κ3) is 3.74. The number of carbonyl (C=O) groups excluding carboxylic acids is 1. The second-order valence-corrected chi connectivity index (χ2v) is 5.49. The van der Waals surface area contributed by atoms with Crippen LogP contribution in [0.1, 0.15) is 19.4 Å². The number of nitrogens with zero attached hydrogens (tertiary/aromatic N) is 1. The molecule has 0 bridgehead atoms. The minimum atomic E-state index is -0.754. The highest BCUT2D eigenvalue weighted by Crippen LogP contribution is 2.33. The number of aromatic amines is 1. The number of hydrogen-bond donors (Lipinski definition) is 1. The number of imidazole rings is 1. The van der Waals surface area contributed by atoms with E-state index < -0.39 is 6.16 Å². The van der Waals surface area contributed by atoms with Crippen LogP contribution in [0, 0.1) is 6.92 Å². The van der Waals surface area contributed by atoms with E-state index in [0.29, 0.717) is 18.1 Å². The van der Waals surface area contributed by atoms with Crippen molar-refractivity contribution >= 4 is 17.2 Å². The molecule has 0 radical (unpaired) electrons. The molecule has 0 unspecified atom stereocenters.